The summed E-state index contributed by atoms with van der Waals surface area (Å²) >= 11 is 0. The van der Waals surface area contributed by atoms with E-state index in [1.165, 1.54) is 0 Å². The molecule has 0 radical (unpaired) electrons. The van der Waals surface area contributed by atoms with Crippen LogP contribution in [0.15, 0.2) is 24.3 Å². The smallest absolute Gasteiger partial charge is 0.334 e. The predicted octanol–water partition coefficient (Wildman–Crippen LogP) is 2.98. The fourth-order valence-corrected chi connectivity index (χ4v) is 2.94. The molecule has 0 heterocycles. The molecule has 0 aliphatic heterocycles. The van der Waals surface area contributed by atoms with Gasteiger partial charge in [-0.3, -0.25) is 0 Å². The monoisotopic (exact) mass is 291 g/mol. The Balaban J connectivity index is 0.00000289. The standard InChI is InChI=1S/C12H21NO3Si.ClH/c1-15-17(3,16-2)9-5-8-13-11-6-4-7-12(14)10-11;/h4,6-7,10,13-14H,5,8-9H2,1-3H3;1H. The molecule has 0 saturated heterocycles. The van der Waals surface area contributed by atoms with E-state index in [4.69, 9.17) is 8.85 Å². The number of nitrogens with one attached hydrogen (secondary N) is 1. The third kappa shape index (κ3) is 5.73. The highest BCUT2D eigenvalue weighted by molar-refractivity contribution is 6.65. The first kappa shape index (κ1) is 17.2. The number of benzene rings is 1. The van der Waals surface area contributed by atoms with Crippen LogP contribution in [0.2, 0.25) is 12.6 Å². The summed E-state index contributed by atoms with van der Waals surface area (Å²) in [5.41, 5.74) is 0.934. The van der Waals surface area contributed by atoms with Gasteiger partial charge in [0.15, 0.2) is 0 Å². The van der Waals surface area contributed by atoms with E-state index in [1.54, 1.807) is 26.4 Å². The van der Waals surface area contributed by atoms with Crippen LogP contribution in [0.5, 0.6) is 5.75 Å². The lowest BCUT2D eigenvalue weighted by molar-refractivity contribution is 0.249. The maximum Gasteiger partial charge on any atom is 0.334 e. The third-order valence-electron chi connectivity index (χ3n) is 2.85. The molecule has 0 atom stereocenters. The van der Waals surface area contributed by atoms with Gasteiger partial charge in [-0.05, 0) is 31.1 Å². The zero-order chi connectivity index (χ0) is 12.7. The topological polar surface area (TPSA) is 50.7 Å². The Labute approximate surface area is 116 Å². The van der Waals surface area contributed by atoms with Crippen molar-refractivity contribution < 1.29 is 14.0 Å². The first-order valence-electron chi connectivity index (χ1n) is 5.73. The third-order valence-corrected chi connectivity index (χ3v) is 5.84. The minimum atomic E-state index is -1.94. The molecule has 0 spiro atoms. The van der Waals surface area contributed by atoms with Crippen LogP contribution in [-0.4, -0.2) is 34.4 Å². The van der Waals surface area contributed by atoms with E-state index in [2.05, 4.69) is 11.9 Å². The van der Waals surface area contributed by atoms with Gasteiger partial charge in [0.2, 0.25) is 0 Å². The Morgan fingerprint density at radius 2 is 1.94 bits per heavy atom. The highest BCUT2D eigenvalue weighted by Gasteiger charge is 2.27. The van der Waals surface area contributed by atoms with E-state index >= 15 is 0 Å². The first-order chi connectivity index (χ1) is 8.09. The van der Waals surface area contributed by atoms with Gasteiger partial charge < -0.3 is 19.3 Å². The number of aromatic hydroxyl groups is 1. The van der Waals surface area contributed by atoms with Gasteiger partial charge in [-0.25, -0.2) is 0 Å². The van der Waals surface area contributed by atoms with E-state index in [9.17, 15) is 5.11 Å². The number of hydrogen-bond donors (Lipinski definition) is 2. The molecule has 104 valence electrons. The van der Waals surface area contributed by atoms with Crippen LogP contribution in [0.1, 0.15) is 6.42 Å². The molecule has 18 heavy (non-hydrogen) atoms. The fraction of sp³-hybridized carbons (Fsp3) is 0.500. The second-order valence-electron chi connectivity index (χ2n) is 4.12. The van der Waals surface area contributed by atoms with E-state index < -0.39 is 8.56 Å². The van der Waals surface area contributed by atoms with Crippen molar-refractivity contribution in [3.05, 3.63) is 24.3 Å². The van der Waals surface area contributed by atoms with Gasteiger partial charge in [0.1, 0.15) is 5.75 Å². The van der Waals surface area contributed by atoms with E-state index in [0.29, 0.717) is 0 Å². The molecule has 0 fully saturated rings. The van der Waals surface area contributed by atoms with Crippen molar-refractivity contribution in [3.8, 4) is 5.75 Å². The normalized spacial score (nSPS) is 10.8. The Morgan fingerprint density at radius 3 is 2.50 bits per heavy atom. The number of phenolic OH excluding ortho intramolecular Hbond substituents is 1. The molecular formula is C12H22ClNO3Si. The van der Waals surface area contributed by atoms with Crippen LogP contribution in [0.4, 0.5) is 5.69 Å². The summed E-state index contributed by atoms with van der Waals surface area (Å²) in [4.78, 5) is 0. The Morgan fingerprint density at radius 1 is 1.28 bits per heavy atom. The molecule has 0 aliphatic carbocycles. The average Bonchev–Trinajstić information content (AvgIpc) is 2.34. The summed E-state index contributed by atoms with van der Waals surface area (Å²) in [6, 6.07) is 8.07. The zero-order valence-electron chi connectivity index (χ0n) is 11.1. The average molecular weight is 292 g/mol. The van der Waals surface area contributed by atoms with E-state index in [0.717, 1.165) is 24.7 Å². The number of rotatable bonds is 7. The minimum Gasteiger partial charge on any atom is -0.508 e. The lowest BCUT2D eigenvalue weighted by Crippen LogP contribution is -2.36. The van der Waals surface area contributed by atoms with Crippen molar-refractivity contribution in [1.82, 2.24) is 0 Å². The highest BCUT2D eigenvalue weighted by Crippen LogP contribution is 2.17. The highest BCUT2D eigenvalue weighted by atomic mass is 35.5. The number of phenols is 1. The molecule has 4 nitrogen and oxygen atoms in total. The van der Waals surface area contributed by atoms with Crippen LogP contribution >= 0.6 is 12.4 Å². The van der Waals surface area contributed by atoms with Gasteiger partial charge in [0.25, 0.3) is 0 Å². The minimum absolute atomic E-state index is 0. The second kappa shape index (κ2) is 8.37. The molecule has 1 rings (SSSR count). The number of hydrogen-bond acceptors (Lipinski definition) is 4. The predicted molar refractivity (Wildman–Crippen MR) is 78.9 cm³/mol. The SMILES string of the molecule is CO[Si](C)(CCCNc1cccc(O)c1)OC.Cl. The number of halogens is 1. The van der Waals surface area contributed by atoms with Crippen molar-refractivity contribution >= 4 is 26.7 Å². The summed E-state index contributed by atoms with van der Waals surface area (Å²) in [6.07, 6.45) is 0.986. The van der Waals surface area contributed by atoms with Crippen LogP contribution in [0, 0.1) is 0 Å². The lowest BCUT2D eigenvalue weighted by Gasteiger charge is -2.22. The molecular weight excluding hydrogens is 270 g/mol. The molecule has 0 unspecified atom stereocenters. The molecule has 0 aromatic heterocycles. The van der Waals surface area contributed by atoms with Crippen LogP contribution < -0.4 is 5.32 Å². The number of anilines is 1. The van der Waals surface area contributed by atoms with Crippen molar-refractivity contribution in [2.75, 3.05) is 26.1 Å². The molecule has 0 amide bonds. The van der Waals surface area contributed by atoms with E-state index in [-0.39, 0.29) is 18.2 Å². The summed E-state index contributed by atoms with van der Waals surface area (Å²) in [5.74, 6) is 0.281. The maximum atomic E-state index is 9.30. The molecule has 6 heteroatoms. The van der Waals surface area contributed by atoms with Crippen molar-refractivity contribution in [2.24, 2.45) is 0 Å². The Hall–Kier alpha value is -0.753. The lowest BCUT2D eigenvalue weighted by atomic mass is 10.3. The van der Waals surface area contributed by atoms with Crippen molar-refractivity contribution in [3.63, 3.8) is 0 Å². The quantitative estimate of drug-likeness (QED) is 0.599. The van der Waals surface area contributed by atoms with Crippen molar-refractivity contribution in [2.45, 2.75) is 19.0 Å². The Kier molecular flexibility index (Phi) is 8.02. The van der Waals surface area contributed by atoms with Crippen LogP contribution in [-0.2, 0) is 8.85 Å². The molecule has 1 aromatic rings. The molecule has 0 saturated carbocycles. The largest absolute Gasteiger partial charge is 0.508 e. The maximum absolute atomic E-state index is 9.30. The van der Waals surface area contributed by atoms with Crippen LogP contribution in [0.3, 0.4) is 0 Å². The van der Waals surface area contributed by atoms with Gasteiger partial charge in [-0.15, -0.1) is 12.4 Å². The fourth-order valence-electron chi connectivity index (χ4n) is 1.55. The van der Waals surface area contributed by atoms with Gasteiger partial charge in [-0.2, -0.15) is 0 Å². The van der Waals surface area contributed by atoms with E-state index in [1.807, 2.05) is 12.1 Å². The second-order valence-corrected chi connectivity index (χ2v) is 7.71. The van der Waals surface area contributed by atoms with Gasteiger partial charge in [0, 0.05) is 32.5 Å². The first-order valence-corrected chi connectivity index (χ1v) is 8.25. The molecule has 0 aliphatic rings. The van der Waals surface area contributed by atoms with Gasteiger partial charge >= 0.3 is 8.56 Å². The van der Waals surface area contributed by atoms with Crippen LogP contribution in [0.25, 0.3) is 0 Å². The summed E-state index contributed by atoms with van der Waals surface area (Å²) in [7, 11) is 1.48. The zero-order valence-corrected chi connectivity index (χ0v) is 12.9. The van der Waals surface area contributed by atoms with Gasteiger partial charge in [-0.1, -0.05) is 6.07 Å². The summed E-state index contributed by atoms with van der Waals surface area (Å²) in [5, 5.41) is 12.6. The van der Waals surface area contributed by atoms with Gasteiger partial charge in [0.05, 0.1) is 0 Å². The summed E-state index contributed by atoms with van der Waals surface area (Å²) in [6.45, 7) is 2.90. The molecule has 0 bridgehead atoms. The molecule has 1 aromatic carbocycles. The molecule has 2 N–H and O–H groups in total. The van der Waals surface area contributed by atoms with Crippen molar-refractivity contribution in [1.29, 1.82) is 0 Å². The summed E-state index contributed by atoms with van der Waals surface area (Å²) < 4.78 is 10.8. The Bertz CT molecular complexity index is 348.